The third-order valence-corrected chi connectivity index (χ3v) is 8.14. The Bertz CT molecular complexity index is 2510. The largest absolute Gasteiger partial charge is 0.456 e. The molecule has 9 rings (SSSR count). The molecule has 0 saturated heterocycles. The summed E-state index contributed by atoms with van der Waals surface area (Å²) >= 11 is 0. The second-order valence-electron chi connectivity index (χ2n) is 10.8. The van der Waals surface area contributed by atoms with Gasteiger partial charge < -0.3 is 8.83 Å². The maximum atomic E-state index is 6.18. The monoisotopic (exact) mass is 565 g/mol. The topological polar surface area (TPSA) is 65.0 Å². The number of nitrogens with zero attached hydrogens (tertiary/aromatic N) is 3. The molecular formula is C39H23N3O2. The molecule has 5 nitrogen and oxygen atoms in total. The van der Waals surface area contributed by atoms with Gasteiger partial charge in [-0.25, -0.2) is 15.0 Å². The molecule has 9 aromatic rings. The molecule has 0 bridgehead atoms. The fourth-order valence-electron chi connectivity index (χ4n) is 6.05. The zero-order valence-electron chi connectivity index (χ0n) is 23.4. The molecule has 5 heteroatoms. The molecule has 0 radical (unpaired) electrons. The maximum Gasteiger partial charge on any atom is 0.164 e. The lowest BCUT2D eigenvalue weighted by Gasteiger charge is -2.10. The van der Waals surface area contributed by atoms with Crippen LogP contribution in [0.25, 0.3) is 89.2 Å². The minimum absolute atomic E-state index is 0.600. The fourth-order valence-corrected chi connectivity index (χ4v) is 6.05. The highest BCUT2D eigenvalue weighted by atomic mass is 16.3. The van der Waals surface area contributed by atoms with Crippen molar-refractivity contribution < 1.29 is 8.83 Å². The molecule has 206 valence electrons. The van der Waals surface area contributed by atoms with Crippen LogP contribution in [0.2, 0.25) is 0 Å². The number of hydrogen-bond donors (Lipinski definition) is 0. The first-order chi connectivity index (χ1) is 21.8. The van der Waals surface area contributed by atoms with E-state index >= 15 is 0 Å². The highest BCUT2D eigenvalue weighted by Gasteiger charge is 2.18. The van der Waals surface area contributed by atoms with Crippen LogP contribution in [0.15, 0.2) is 148 Å². The molecule has 0 fully saturated rings. The van der Waals surface area contributed by atoms with E-state index in [1.54, 1.807) is 0 Å². The van der Waals surface area contributed by atoms with E-state index in [1.807, 2.05) is 84.9 Å². The van der Waals surface area contributed by atoms with Crippen LogP contribution in [0.3, 0.4) is 0 Å². The Morgan fingerprint density at radius 1 is 0.341 bits per heavy atom. The van der Waals surface area contributed by atoms with Gasteiger partial charge in [0.25, 0.3) is 0 Å². The lowest BCUT2D eigenvalue weighted by molar-refractivity contribution is 0.668. The Labute approximate surface area is 252 Å². The second kappa shape index (κ2) is 9.75. The van der Waals surface area contributed by atoms with Crippen LogP contribution in [0.1, 0.15) is 0 Å². The fraction of sp³-hybridized carbons (Fsp3) is 0. The van der Waals surface area contributed by atoms with Crippen LogP contribution in [0, 0.1) is 0 Å². The van der Waals surface area contributed by atoms with Gasteiger partial charge in [0.1, 0.15) is 22.3 Å². The SMILES string of the molecule is c1ccc(-c2nc(-c3cccc(-c4ccc5oc6ccccc6c5c4)c3)nc(-c3cccc4oc5ccccc5c34)n2)cc1. The van der Waals surface area contributed by atoms with Crippen LogP contribution in [-0.2, 0) is 0 Å². The molecule has 0 spiro atoms. The average molecular weight is 566 g/mol. The lowest BCUT2D eigenvalue weighted by Crippen LogP contribution is -2.00. The maximum absolute atomic E-state index is 6.18. The summed E-state index contributed by atoms with van der Waals surface area (Å²) in [6, 6.07) is 47.0. The molecular weight excluding hydrogens is 542 g/mol. The summed E-state index contributed by atoms with van der Waals surface area (Å²) in [6.07, 6.45) is 0. The van der Waals surface area contributed by atoms with E-state index in [4.69, 9.17) is 23.8 Å². The van der Waals surface area contributed by atoms with Crippen molar-refractivity contribution >= 4 is 43.9 Å². The molecule has 0 saturated carbocycles. The van der Waals surface area contributed by atoms with Crippen LogP contribution in [0.5, 0.6) is 0 Å². The number of hydrogen-bond acceptors (Lipinski definition) is 5. The number of furan rings is 2. The molecule has 6 aromatic carbocycles. The Kier molecular flexibility index (Phi) is 5.43. The number of benzene rings is 6. The predicted molar refractivity (Wildman–Crippen MR) is 176 cm³/mol. The van der Waals surface area contributed by atoms with Gasteiger partial charge in [-0.05, 0) is 47.5 Å². The quantitative estimate of drug-likeness (QED) is 0.212. The zero-order chi connectivity index (χ0) is 29.0. The third-order valence-electron chi connectivity index (χ3n) is 8.14. The van der Waals surface area contributed by atoms with E-state index in [2.05, 4.69) is 54.6 Å². The minimum atomic E-state index is 0.600. The summed E-state index contributed by atoms with van der Waals surface area (Å²) in [5.41, 5.74) is 8.31. The van der Waals surface area contributed by atoms with Crippen molar-refractivity contribution in [2.45, 2.75) is 0 Å². The van der Waals surface area contributed by atoms with Gasteiger partial charge >= 0.3 is 0 Å². The van der Waals surface area contributed by atoms with E-state index < -0.39 is 0 Å². The van der Waals surface area contributed by atoms with Crippen LogP contribution < -0.4 is 0 Å². The number of aromatic nitrogens is 3. The molecule has 0 N–H and O–H groups in total. The average Bonchev–Trinajstić information content (AvgIpc) is 3.67. The van der Waals surface area contributed by atoms with Gasteiger partial charge in [0.05, 0.1) is 0 Å². The number of rotatable bonds is 4. The number of para-hydroxylation sites is 2. The van der Waals surface area contributed by atoms with Crippen molar-refractivity contribution in [3.63, 3.8) is 0 Å². The predicted octanol–water partition coefficient (Wildman–Crippen LogP) is 10.3. The second-order valence-corrected chi connectivity index (χ2v) is 10.8. The highest BCUT2D eigenvalue weighted by Crippen LogP contribution is 2.37. The van der Waals surface area contributed by atoms with Gasteiger partial charge in [-0.2, -0.15) is 0 Å². The summed E-state index contributed by atoms with van der Waals surface area (Å²) in [6.45, 7) is 0. The molecule has 0 unspecified atom stereocenters. The van der Waals surface area contributed by atoms with Gasteiger partial charge in [0, 0.05) is 38.2 Å². The molecule has 0 aliphatic heterocycles. The Balaban J connectivity index is 1.23. The van der Waals surface area contributed by atoms with E-state index in [9.17, 15) is 0 Å². The normalized spacial score (nSPS) is 11.6. The summed E-state index contributed by atoms with van der Waals surface area (Å²) in [5, 5.41) is 4.23. The first-order valence-electron chi connectivity index (χ1n) is 14.5. The van der Waals surface area contributed by atoms with Crippen LogP contribution >= 0.6 is 0 Å². The zero-order valence-corrected chi connectivity index (χ0v) is 23.4. The molecule has 0 aliphatic rings. The minimum Gasteiger partial charge on any atom is -0.456 e. The van der Waals surface area contributed by atoms with Gasteiger partial charge in [-0.1, -0.05) is 103 Å². The first-order valence-corrected chi connectivity index (χ1v) is 14.5. The molecule has 0 atom stereocenters. The van der Waals surface area contributed by atoms with E-state index in [0.29, 0.717) is 17.5 Å². The van der Waals surface area contributed by atoms with Gasteiger partial charge in [0.2, 0.25) is 0 Å². The standard InChI is InChI=1S/C39H23N3O2/c1-2-10-24(11-3-1)37-40-38(42-39(41-37)30-16-9-19-35-36(30)29-15-5-7-18-33(29)44-35)27-13-8-12-25(22-27)26-20-21-34-31(23-26)28-14-4-6-17-32(28)43-34/h1-23H. The van der Waals surface area contributed by atoms with E-state index in [1.165, 1.54) is 0 Å². The third kappa shape index (κ3) is 3.98. The number of fused-ring (bicyclic) bond motifs is 6. The van der Waals surface area contributed by atoms with E-state index in [-0.39, 0.29) is 0 Å². The van der Waals surface area contributed by atoms with E-state index in [0.717, 1.165) is 71.7 Å². The summed E-state index contributed by atoms with van der Waals surface area (Å²) in [7, 11) is 0. The molecule has 0 amide bonds. The van der Waals surface area contributed by atoms with Gasteiger partial charge in [-0.15, -0.1) is 0 Å². The summed E-state index contributed by atoms with van der Waals surface area (Å²) < 4.78 is 12.2. The van der Waals surface area contributed by atoms with Crippen molar-refractivity contribution in [2.75, 3.05) is 0 Å². The molecule has 3 heterocycles. The van der Waals surface area contributed by atoms with Crippen molar-refractivity contribution in [1.82, 2.24) is 15.0 Å². The molecule has 3 aromatic heterocycles. The Morgan fingerprint density at radius 2 is 0.909 bits per heavy atom. The van der Waals surface area contributed by atoms with Crippen LogP contribution in [0.4, 0.5) is 0 Å². The van der Waals surface area contributed by atoms with Crippen LogP contribution in [-0.4, -0.2) is 15.0 Å². The first kappa shape index (κ1) is 24.5. The van der Waals surface area contributed by atoms with Gasteiger partial charge in [-0.3, -0.25) is 0 Å². The lowest BCUT2D eigenvalue weighted by atomic mass is 10.0. The summed E-state index contributed by atoms with van der Waals surface area (Å²) in [5.74, 6) is 1.82. The summed E-state index contributed by atoms with van der Waals surface area (Å²) in [4.78, 5) is 15.1. The van der Waals surface area contributed by atoms with Crippen molar-refractivity contribution in [2.24, 2.45) is 0 Å². The van der Waals surface area contributed by atoms with Gasteiger partial charge in [0.15, 0.2) is 17.5 Å². The Morgan fingerprint density at radius 3 is 1.77 bits per heavy atom. The highest BCUT2D eigenvalue weighted by molar-refractivity contribution is 6.12. The molecule has 44 heavy (non-hydrogen) atoms. The smallest absolute Gasteiger partial charge is 0.164 e. The van der Waals surface area contributed by atoms with Crippen molar-refractivity contribution in [3.8, 4) is 45.3 Å². The van der Waals surface area contributed by atoms with Crippen molar-refractivity contribution in [1.29, 1.82) is 0 Å². The Hall–Kier alpha value is -6.07. The molecule has 0 aliphatic carbocycles. The van der Waals surface area contributed by atoms with Crippen molar-refractivity contribution in [3.05, 3.63) is 140 Å².